The number of nitrogens with zero attached hydrogens (tertiary/aromatic N) is 1. The lowest BCUT2D eigenvalue weighted by Gasteiger charge is -2.27. The summed E-state index contributed by atoms with van der Waals surface area (Å²) in [6, 6.07) is 17.9. The second-order valence-corrected chi connectivity index (χ2v) is 7.61. The van der Waals surface area contributed by atoms with Gasteiger partial charge >= 0.3 is 11.9 Å². The van der Waals surface area contributed by atoms with Crippen LogP contribution in [-0.4, -0.2) is 59.6 Å². The summed E-state index contributed by atoms with van der Waals surface area (Å²) in [7, 11) is 0. The summed E-state index contributed by atoms with van der Waals surface area (Å²) in [5, 5.41) is 12.3. The van der Waals surface area contributed by atoms with Crippen molar-refractivity contribution in [3.8, 4) is 0 Å². The molecule has 0 radical (unpaired) electrons. The molecule has 2 N–H and O–H groups in total. The first-order chi connectivity index (χ1) is 15.4. The van der Waals surface area contributed by atoms with Crippen molar-refractivity contribution in [1.82, 2.24) is 10.2 Å². The number of aliphatic carboxylic acids is 1. The van der Waals surface area contributed by atoms with Crippen LogP contribution < -0.4 is 5.32 Å². The van der Waals surface area contributed by atoms with E-state index in [4.69, 9.17) is 4.74 Å². The zero-order valence-electron chi connectivity index (χ0n) is 19.1. The Balaban J connectivity index is 0.00000544. The van der Waals surface area contributed by atoms with Gasteiger partial charge in [0.15, 0.2) is 0 Å². The van der Waals surface area contributed by atoms with E-state index in [2.05, 4.69) is 5.32 Å². The highest BCUT2D eigenvalue weighted by Gasteiger charge is 2.28. The molecule has 0 saturated heterocycles. The molecule has 2 atom stereocenters. The number of rotatable bonds is 13. The lowest BCUT2D eigenvalue weighted by molar-refractivity contribution is -0.148. The molecule has 2 aromatic rings. The second kappa shape index (κ2) is 15.0. The summed E-state index contributed by atoms with van der Waals surface area (Å²) in [5.74, 6) is -1.86. The molecule has 7 nitrogen and oxygen atoms in total. The number of carboxylic acids is 1. The van der Waals surface area contributed by atoms with Crippen LogP contribution in [0.4, 0.5) is 0 Å². The summed E-state index contributed by atoms with van der Waals surface area (Å²) < 4.78 is 5.18. The monoisotopic (exact) mass is 476 g/mol. The average Bonchev–Trinajstić information content (AvgIpc) is 2.80. The van der Waals surface area contributed by atoms with Crippen LogP contribution in [-0.2, 0) is 32.0 Å². The van der Waals surface area contributed by atoms with Gasteiger partial charge < -0.3 is 14.7 Å². The Labute approximate surface area is 201 Å². The minimum Gasteiger partial charge on any atom is -0.480 e. The zero-order valence-corrected chi connectivity index (χ0v) is 19.9. The fourth-order valence-electron chi connectivity index (χ4n) is 3.45. The number of hydrogen-bond acceptors (Lipinski definition) is 5. The van der Waals surface area contributed by atoms with Crippen LogP contribution in [0.3, 0.4) is 0 Å². The zero-order chi connectivity index (χ0) is 23.3. The topological polar surface area (TPSA) is 95.9 Å². The molecule has 0 fully saturated rings. The molecule has 0 heterocycles. The van der Waals surface area contributed by atoms with Gasteiger partial charge in [-0.25, -0.2) is 0 Å². The van der Waals surface area contributed by atoms with Crippen LogP contribution in [0.15, 0.2) is 60.7 Å². The molecule has 8 heteroatoms. The molecule has 0 bridgehead atoms. The van der Waals surface area contributed by atoms with Gasteiger partial charge in [-0.15, -0.1) is 12.4 Å². The van der Waals surface area contributed by atoms with E-state index in [1.807, 2.05) is 60.7 Å². The SMILES string of the molecule is CCOC(=O)C(CCc1ccccc1)N[C@@H](C)C(=O)N(CCc1ccccc1)CC(=O)O.Cl. The number of carbonyl (C=O) groups excluding carboxylic acids is 2. The number of halogens is 1. The number of aryl methyl sites for hydroxylation is 1. The Morgan fingerprint density at radius 3 is 2.03 bits per heavy atom. The minimum absolute atomic E-state index is 0. The van der Waals surface area contributed by atoms with Gasteiger partial charge in [0.1, 0.15) is 12.6 Å². The predicted octanol–water partition coefficient (Wildman–Crippen LogP) is 3.11. The van der Waals surface area contributed by atoms with E-state index in [1.165, 1.54) is 4.90 Å². The first-order valence-corrected chi connectivity index (χ1v) is 10.9. The van der Waals surface area contributed by atoms with Crippen molar-refractivity contribution in [3.63, 3.8) is 0 Å². The molecule has 2 aromatic carbocycles. The van der Waals surface area contributed by atoms with Crippen LogP contribution >= 0.6 is 12.4 Å². The number of carboxylic acid groups (broad SMARTS) is 1. The predicted molar refractivity (Wildman–Crippen MR) is 129 cm³/mol. The third kappa shape index (κ3) is 10.1. The standard InChI is InChI=1S/C25H32N2O5.ClH/c1-3-32-25(31)22(15-14-20-10-6-4-7-11-20)26-19(2)24(30)27(18-23(28)29)17-16-21-12-8-5-9-13-21;/h4-13,19,22,26H,3,14-18H2,1-2H3,(H,28,29);1H/t19-,22?;/m0./s1. The number of carbonyl (C=O) groups is 3. The summed E-state index contributed by atoms with van der Waals surface area (Å²) >= 11 is 0. The summed E-state index contributed by atoms with van der Waals surface area (Å²) in [6.07, 6.45) is 1.65. The van der Waals surface area contributed by atoms with Crippen molar-refractivity contribution in [3.05, 3.63) is 71.8 Å². The molecule has 1 amide bonds. The van der Waals surface area contributed by atoms with Gasteiger partial charge in [0.05, 0.1) is 12.6 Å². The van der Waals surface area contributed by atoms with E-state index in [1.54, 1.807) is 13.8 Å². The van der Waals surface area contributed by atoms with Gasteiger partial charge in [0.25, 0.3) is 0 Å². The second-order valence-electron chi connectivity index (χ2n) is 7.61. The fourth-order valence-corrected chi connectivity index (χ4v) is 3.45. The molecule has 2 rings (SSSR count). The number of ether oxygens (including phenoxy) is 1. The Hall–Kier alpha value is -2.90. The van der Waals surface area contributed by atoms with Crippen molar-refractivity contribution < 1.29 is 24.2 Å². The van der Waals surface area contributed by atoms with Gasteiger partial charge in [0.2, 0.25) is 5.91 Å². The lowest BCUT2D eigenvalue weighted by atomic mass is 10.0. The first-order valence-electron chi connectivity index (χ1n) is 10.9. The van der Waals surface area contributed by atoms with Crippen molar-refractivity contribution in [2.45, 2.75) is 45.2 Å². The van der Waals surface area contributed by atoms with Gasteiger partial charge in [-0.2, -0.15) is 0 Å². The lowest BCUT2D eigenvalue weighted by Crippen LogP contribution is -2.52. The normalized spacial score (nSPS) is 12.2. The van der Waals surface area contributed by atoms with E-state index in [0.29, 0.717) is 19.3 Å². The Morgan fingerprint density at radius 1 is 0.970 bits per heavy atom. The molecule has 0 aliphatic rings. The smallest absolute Gasteiger partial charge is 0.323 e. The molecule has 1 unspecified atom stereocenters. The largest absolute Gasteiger partial charge is 0.480 e. The molecular formula is C25H33ClN2O5. The van der Waals surface area contributed by atoms with Gasteiger partial charge in [-0.05, 0) is 44.2 Å². The maximum atomic E-state index is 13.0. The van der Waals surface area contributed by atoms with Gasteiger partial charge in [-0.3, -0.25) is 19.7 Å². The maximum absolute atomic E-state index is 13.0. The highest BCUT2D eigenvalue weighted by Crippen LogP contribution is 2.09. The molecule has 0 aliphatic heterocycles. The van der Waals surface area contributed by atoms with Crippen LogP contribution in [0.5, 0.6) is 0 Å². The summed E-state index contributed by atoms with van der Waals surface area (Å²) in [5.41, 5.74) is 2.10. The summed E-state index contributed by atoms with van der Waals surface area (Å²) in [6.45, 7) is 3.50. The highest BCUT2D eigenvalue weighted by atomic mass is 35.5. The Morgan fingerprint density at radius 2 is 1.52 bits per heavy atom. The van der Waals surface area contributed by atoms with Crippen molar-refractivity contribution >= 4 is 30.3 Å². The maximum Gasteiger partial charge on any atom is 0.323 e. The van der Waals surface area contributed by atoms with Crippen molar-refractivity contribution in [1.29, 1.82) is 0 Å². The molecule has 180 valence electrons. The Kier molecular flexibility index (Phi) is 12.8. The summed E-state index contributed by atoms with van der Waals surface area (Å²) in [4.78, 5) is 38.2. The van der Waals surface area contributed by atoms with Gasteiger partial charge in [0, 0.05) is 6.54 Å². The molecular weight excluding hydrogens is 444 g/mol. The van der Waals surface area contributed by atoms with Crippen LogP contribution in [0.2, 0.25) is 0 Å². The van der Waals surface area contributed by atoms with Crippen molar-refractivity contribution in [2.24, 2.45) is 0 Å². The molecule has 0 spiro atoms. The van der Waals surface area contributed by atoms with Crippen LogP contribution in [0.1, 0.15) is 31.4 Å². The minimum atomic E-state index is -1.08. The fraction of sp³-hybridized carbons (Fsp3) is 0.400. The van der Waals surface area contributed by atoms with E-state index in [-0.39, 0.29) is 31.5 Å². The highest BCUT2D eigenvalue weighted by molar-refractivity contribution is 5.86. The number of hydrogen-bond donors (Lipinski definition) is 2. The van der Waals surface area contributed by atoms with E-state index in [9.17, 15) is 19.5 Å². The number of amides is 1. The Bertz CT molecular complexity index is 864. The number of esters is 1. The molecule has 33 heavy (non-hydrogen) atoms. The third-order valence-corrected chi connectivity index (χ3v) is 5.11. The molecule has 0 aromatic heterocycles. The van der Waals surface area contributed by atoms with E-state index in [0.717, 1.165) is 11.1 Å². The van der Waals surface area contributed by atoms with Gasteiger partial charge in [-0.1, -0.05) is 60.7 Å². The van der Waals surface area contributed by atoms with Crippen LogP contribution in [0.25, 0.3) is 0 Å². The van der Waals surface area contributed by atoms with E-state index < -0.39 is 30.6 Å². The van der Waals surface area contributed by atoms with Crippen LogP contribution in [0, 0.1) is 0 Å². The first kappa shape index (κ1) is 28.1. The number of benzene rings is 2. The quantitative estimate of drug-likeness (QED) is 0.431. The van der Waals surface area contributed by atoms with Crippen molar-refractivity contribution in [2.75, 3.05) is 19.7 Å². The molecule has 0 saturated carbocycles. The number of nitrogens with one attached hydrogen (secondary N) is 1. The van der Waals surface area contributed by atoms with E-state index >= 15 is 0 Å². The average molecular weight is 477 g/mol. The molecule has 0 aliphatic carbocycles. The third-order valence-electron chi connectivity index (χ3n) is 5.11.